The first kappa shape index (κ1) is 14.7. The van der Waals surface area contributed by atoms with Gasteiger partial charge in [0.1, 0.15) is 5.75 Å². The molecule has 0 amide bonds. The number of phenolic OH excluding ortho intramolecular Hbond substituents is 1. The Morgan fingerprint density at radius 2 is 2.17 bits per heavy atom. The van der Waals surface area contributed by atoms with Gasteiger partial charge in [-0.3, -0.25) is 0 Å². The van der Waals surface area contributed by atoms with Crippen molar-refractivity contribution < 1.29 is 18.3 Å². The maximum Gasteiger partial charge on any atom is 0.240 e. The molecule has 0 aliphatic carbocycles. The van der Waals surface area contributed by atoms with E-state index in [1.54, 1.807) is 0 Å². The van der Waals surface area contributed by atoms with E-state index in [1.807, 2.05) is 6.92 Å². The first-order chi connectivity index (χ1) is 8.40. The normalized spacial score (nSPS) is 13.4. The van der Waals surface area contributed by atoms with E-state index >= 15 is 0 Å². The Balaban J connectivity index is 2.95. The van der Waals surface area contributed by atoms with Crippen molar-refractivity contribution in [2.75, 3.05) is 19.5 Å². The summed E-state index contributed by atoms with van der Waals surface area (Å²) in [6.07, 6.45) is 0.612. The molecule has 18 heavy (non-hydrogen) atoms. The highest BCUT2D eigenvalue weighted by Gasteiger charge is 2.19. The van der Waals surface area contributed by atoms with Gasteiger partial charge in [-0.2, -0.15) is 0 Å². The summed E-state index contributed by atoms with van der Waals surface area (Å²) in [5.41, 5.74) is 5.50. The van der Waals surface area contributed by atoms with Gasteiger partial charge in [-0.05, 0) is 24.6 Å². The van der Waals surface area contributed by atoms with Crippen LogP contribution >= 0.6 is 0 Å². The monoisotopic (exact) mass is 274 g/mol. The first-order valence-corrected chi connectivity index (χ1v) is 6.98. The zero-order chi connectivity index (χ0) is 13.8. The number of rotatable bonds is 6. The van der Waals surface area contributed by atoms with Crippen LogP contribution in [0.5, 0.6) is 5.75 Å². The van der Waals surface area contributed by atoms with Crippen molar-refractivity contribution in [1.82, 2.24) is 4.72 Å². The SMILES string of the molecule is CCC(COC)NS(=O)(=O)c1ccc(O)c(N)c1. The number of ether oxygens (including phenoxy) is 1. The lowest BCUT2D eigenvalue weighted by Crippen LogP contribution is -2.37. The molecule has 0 fully saturated rings. The highest BCUT2D eigenvalue weighted by molar-refractivity contribution is 7.89. The average molecular weight is 274 g/mol. The number of nitrogens with two attached hydrogens (primary N) is 1. The number of hydrogen-bond donors (Lipinski definition) is 3. The van der Waals surface area contributed by atoms with Crippen molar-refractivity contribution in [2.24, 2.45) is 0 Å². The van der Waals surface area contributed by atoms with E-state index in [2.05, 4.69) is 4.72 Å². The predicted octanol–water partition coefficient (Wildman–Crippen LogP) is 0.678. The van der Waals surface area contributed by atoms with Gasteiger partial charge < -0.3 is 15.6 Å². The van der Waals surface area contributed by atoms with Crippen LogP contribution in [0.15, 0.2) is 23.1 Å². The second-order valence-corrected chi connectivity index (χ2v) is 5.62. The second kappa shape index (κ2) is 6.03. The molecule has 0 spiro atoms. The lowest BCUT2D eigenvalue weighted by Gasteiger charge is -2.16. The highest BCUT2D eigenvalue weighted by Crippen LogP contribution is 2.23. The molecule has 0 aliphatic rings. The molecule has 0 saturated heterocycles. The topological polar surface area (TPSA) is 102 Å². The third kappa shape index (κ3) is 3.59. The number of nitrogens with one attached hydrogen (secondary N) is 1. The summed E-state index contributed by atoms with van der Waals surface area (Å²) in [4.78, 5) is 0.0207. The molecule has 0 aromatic heterocycles. The first-order valence-electron chi connectivity index (χ1n) is 5.50. The maximum absolute atomic E-state index is 12.0. The molecule has 102 valence electrons. The summed E-state index contributed by atoms with van der Waals surface area (Å²) >= 11 is 0. The Hall–Kier alpha value is -1.31. The molecular formula is C11H18N2O4S. The number of phenols is 1. The molecule has 6 nitrogen and oxygen atoms in total. The molecule has 1 rings (SSSR count). The molecule has 0 aliphatic heterocycles. The molecule has 0 saturated carbocycles. The molecule has 0 heterocycles. The fourth-order valence-corrected chi connectivity index (χ4v) is 2.76. The van der Waals surface area contributed by atoms with E-state index in [0.717, 1.165) is 0 Å². The van der Waals surface area contributed by atoms with E-state index in [-0.39, 0.29) is 22.4 Å². The number of hydrogen-bond acceptors (Lipinski definition) is 5. The lowest BCUT2D eigenvalue weighted by atomic mass is 10.3. The third-order valence-electron chi connectivity index (χ3n) is 2.49. The summed E-state index contributed by atoms with van der Waals surface area (Å²) in [5, 5.41) is 9.26. The van der Waals surface area contributed by atoms with Crippen molar-refractivity contribution in [3.63, 3.8) is 0 Å². The van der Waals surface area contributed by atoms with Gasteiger partial charge in [0.25, 0.3) is 0 Å². The van der Waals surface area contributed by atoms with Crippen LogP contribution in [0.25, 0.3) is 0 Å². The van der Waals surface area contributed by atoms with Crippen LogP contribution in [-0.2, 0) is 14.8 Å². The van der Waals surface area contributed by atoms with Gasteiger partial charge in [0, 0.05) is 13.2 Å². The summed E-state index contributed by atoms with van der Waals surface area (Å²) in [6, 6.07) is 3.47. The van der Waals surface area contributed by atoms with Crippen molar-refractivity contribution in [2.45, 2.75) is 24.3 Å². The van der Waals surface area contributed by atoms with E-state index in [0.29, 0.717) is 13.0 Å². The standard InChI is InChI=1S/C11H18N2O4S/c1-3-8(7-17-2)13-18(15,16)9-4-5-11(14)10(12)6-9/h4-6,8,13-14H,3,7,12H2,1-2H3. The van der Waals surface area contributed by atoms with Crippen LogP contribution in [0.1, 0.15) is 13.3 Å². The zero-order valence-corrected chi connectivity index (χ0v) is 11.2. The number of sulfonamides is 1. The van der Waals surface area contributed by atoms with Gasteiger partial charge in [0.2, 0.25) is 10.0 Å². The number of anilines is 1. The molecular weight excluding hydrogens is 256 g/mol. The minimum atomic E-state index is -3.65. The van der Waals surface area contributed by atoms with Crippen LogP contribution in [0.2, 0.25) is 0 Å². The van der Waals surface area contributed by atoms with Crippen molar-refractivity contribution in [3.8, 4) is 5.75 Å². The summed E-state index contributed by atoms with van der Waals surface area (Å²) in [5.74, 6) is -0.141. The van der Waals surface area contributed by atoms with E-state index in [4.69, 9.17) is 10.5 Å². The zero-order valence-electron chi connectivity index (χ0n) is 10.4. The Morgan fingerprint density at radius 1 is 1.50 bits per heavy atom. The van der Waals surface area contributed by atoms with Crippen molar-refractivity contribution in [3.05, 3.63) is 18.2 Å². The Bertz CT molecular complexity index is 502. The van der Waals surface area contributed by atoms with Gasteiger partial charge >= 0.3 is 0 Å². The molecule has 0 bridgehead atoms. The van der Waals surface area contributed by atoms with Crippen LogP contribution in [-0.4, -0.2) is 33.3 Å². The van der Waals surface area contributed by atoms with Gasteiger partial charge in [0.15, 0.2) is 0 Å². The van der Waals surface area contributed by atoms with Crippen LogP contribution < -0.4 is 10.5 Å². The van der Waals surface area contributed by atoms with E-state index in [1.165, 1.54) is 25.3 Å². The fourth-order valence-electron chi connectivity index (χ4n) is 1.42. The summed E-state index contributed by atoms with van der Waals surface area (Å²) in [6.45, 7) is 2.15. The molecule has 1 unspecified atom stereocenters. The van der Waals surface area contributed by atoms with Gasteiger partial charge in [-0.1, -0.05) is 6.92 Å². The highest BCUT2D eigenvalue weighted by atomic mass is 32.2. The summed E-state index contributed by atoms with van der Waals surface area (Å²) in [7, 11) is -2.14. The van der Waals surface area contributed by atoms with Gasteiger partial charge in [-0.25, -0.2) is 13.1 Å². The van der Waals surface area contributed by atoms with Crippen LogP contribution in [0, 0.1) is 0 Å². The quantitative estimate of drug-likeness (QED) is 0.523. The van der Waals surface area contributed by atoms with Crippen LogP contribution in [0.3, 0.4) is 0 Å². The predicted molar refractivity (Wildman–Crippen MR) is 68.8 cm³/mol. The van der Waals surface area contributed by atoms with Crippen molar-refractivity contribution >= 4 is 15.7 Å². The molecule has 7 heteroatoms. The fraction of sp³-hybridized carbons (Fsp3) is 0.455. The number of nitrogen functional groups attached to an aromatic ring is 1. The minimum absolute atomic E-state index is 0.0207. The molecule has 1 aromatic rings. The maximum atomic E-state index is 12.0. The minimum Gasteiger partial charge on any atom is -0.506 e. The van der Waals surface area contributed by atoms with E-state index < -0.39 is 10.0 Å². The van der Waals surface area contributed by atoms with E-state index in [9.17, 15) is 13.5 Å². The molecule has 1 aromatic carbocycles. The Morgan fingerprint density at radius 3 is 2.67 bits per heavy atom. The Kier molecular flexibility index (Phi) is 4.94. The van der Waals surface area contributed by atoms with Crippen molar-refractivity contribution in [1.29, 1.82) is 0 Å². The number of methoxy groups -OCH3 is 1. The third-order valence-corrected chi connectivity index (χ3v) is 4.01. The van der Waals surface area contributed by atoms with Gasteiger partial charge in [-0.15, -0.1) is 0 Å². The number of benzene rings is 1. The smallest absolute Gasteiger partial charge is 0.240 e. The summed E-state index contributed by atoms with van der Waals surface area (Å²) < 4.78 is 31.5. The molecule has 1 atom stereocenters. The van der Waals surface area contributed by atoms with Gasteiger partial charge in [0.05, 0.1) is 17.2 Å². The number of aromatic hydroxyl groups is 1. The average Bonchev–Trinajstić information content (AvgIpc) is 2.31. The second-order valence-electron chi connectivity index (χ2n) is 3.90. The largest absolute Gasteiger partial charge is 0.506 e. The lowest BCUT2D eigenvalue weighted by molar-refractivity contribution is 0.173. The Labute approximate surface area is 107 Å². The molecule has 0 radical (unpaired) electrons. The van der Waals surface area contributed by atoms with Crippen LogP contribution in [0.4, 0.5) is 5.69 Å². The molecule has 4 N–H and O–H groups in total.